The molecule has 0 saturated carbocycles. The van der Waals surface area contributed by atoms with Crippen molar-refractivity contribution in [2.75, 3.05) is 11.9 Å². The van der Waals surface area contributed by atoms with Crippen molar-refractivity contribution in [3.05, 3.63) is 70.0 Å². The lowest BCUT2D eigenvalue weighted by Gasteiger charge is -2.10. The first-order valence-electron chi connectivity index (χ1n) is 8.53. The van der Waals surface area contributed by atoms with Crippen LogP contribution in [0, 0.1) is 11.6 Å². The molecule has 3 aromatic rings. The molecule has 1 atom stereocenters. The summed E-state index contributed by atoms with van der Waals surface area (Å²) in [6.45, 7) is 1.47. The fraction of sp³-hybridized carbons (Fsp3) is 0.158. The van der Waals surface area contributed by atoms with Crippen LogP contribution in [0.4, 0.5) is 19.5 Å². The van der Waals surface area contributed by atoms with E-state index in [9.17, 15) is 13.6 Å². The highest BCUT2D eigenvalue weighted by Crippen LogP contribution is 2.28. The molecule has 2 aromatic carbocycles. The van der Waals surface area contributed by atoms with E-state index >= 15 is 0 Å². The minimum atomic E-state index is -0.679. The fourth-order valence-electron chi connectivity index (χ4n) is 2.39. The molecular weight excluding hydrogens is 402 g/mol. The van der Waals surface area contributed by atoms with E-state index in [0.29, 0.717) is 16.4 Å². The van der Waals surface area contributed by atoms with Crippen molar-refractivity contribution in [3.8, 4) is 11.5 Å². The molecule has 1 aromatic heterocycles. The molecule has 0 aliphatic heterocycles. The number of ether oxygens (including phenoxy) is 1. The zero-order valence-electron chi connectivity index (χ0n) is 15.3. The molecule has 1 heterocycles. The summed E-state index contributed by atoms with van der Waals surface area (Å²) in [5, 5.41) is 12.6. The quantitative estimate of drug-likeness (QED) is 0.346. The van der Waals surface area contributed by atoms with Gasteiger partial charge in [-0.15, -0.1) is 0 Å². The molecule has 5 N–H and O–H groups in total. The van der Waals surface area contributed by atoms with Crippen LogP contribution in [0.25, 0.3) is 0 Å². The molecule has 0 aliphatic rings. The lowest BCUT2D eigenvalue weighted by Crippen LogP contribution is -2.24. The predicted octanol–water partition coefficient (Wildman–Crippen LogP) is 3.34. The van der Waals surface area contributed by atoms with Gasteiger partial charge in [-0.3, -0.25) is 14.2 Å². The smallest absolute Gasteiger partial charge is 0.271 e. The Kier molecular flexibility index (Phi) is 6.25. The molecule has 29 heavy (non-hydrogen) atoms. The number of halogens is 2. The first-order valence-corrected chi connectivity index (χ1v) is 9.35. The molecule has 0 radical (unpaired) electrons. The number of rotatable bonds is 7. The number of nitrogens with two attached hydrogens (primary N) is 1. The summed E-state index contributed by atoms with van der Waals surface area (Å²) in [5.74, 6) is -1.19. The summed E-state index contributed by atoms with van der Waals surface area (Å²) in [7, 11) is 0. The van der Waals surface area contributed by atoms with Crippen molar-refractivity contribution in [1.82, 2.24) is 4.37 Å². The second-order valence-corrected chi connectivity index (χ2v) is 6.93. The third-order valence-electron chi connectivity index (χ3n) is 3.81. The molecule has 10 heteroatoms. The third kappa shape index (κ3) is 4.98. The number of hydrogen-bond donors (Lipinski definition) is 4. The summed E-state index contributed by atoms with van der Waals surface area (Å²) >= 11 is 1.05. The number of aromatic amines is 1. The second-order valence-electron chi connectivity index (χ2n) is 6.11. The average molecular weight is 420 g/mol. The predicted molar refractivity (Wildman–Crippen MR) is 108 cm³/mol. The Morgan fingerprint density at radius 3 is 2.72 bits per heavy atom. The van der Waals surface area contributed by atoms with E-state index in [0.717, 1.165) is 29.7 Å². The minimum Gasteiger partial charge on any atom is -0.454 e. The zero-order chi connectivity index (χ0) is 21.0. The van der Waals surface area contributed by atoms with Crippen LogP contribution in [0.5, 0.6) is 11.5 Å². The van der Waals surface area contributed by atoms with E-state index in [4.69, 9.17) is 15.6 Å². The van der Waals surface area contributed by atoms with Crippen LogP contribution in [-0.2, 0) is 0 Å². The van der Waals surface area contributed by atoms with Gasteiger partial charge in [-0.25, -0.2) is 8.78 Å². The van der Waals surface area contributed by atoms with Crippen LogP contribution in [0.2, 0.25) is 0 Å². The standard InChI is InChI=1S/C19H18F2N4O3S/c1-10(9-26)23-17(22)16-18(27)25-29-19(16)24-12-3-5-13(6-4-12)28-15-8-11(20)2-7-14(15)21/h2-8,10,24,26H,9H2,1H3,(H2,22,23)(H,25,27). The first-order chi connectivity index (χ1) is 13.9. The molecule has 0 spiro atoms. The van der Waals surface area contributed by atoms with E-state index in [1.54, 1.807) is 31.2 Å². The molecule has 0 aliphatic carbocycles. The number of aliphatic hydroxyl groups is 1. The van der Waals surface area contributed by atoms with Gasteiger partial charge in [0.05, 0.1) is 12.6 Å². The number of benzene rings is 2. The lowest BCUT2D eigenvalue weighted by atomic mass is 10.2. The molecule has 152 valence electrons. The van der Waals surface area contributed by atoms with Gasteiger partial charge in [-0.2, -0.15) is 0 Å². The van der Waals surface area contributed by atoms with Crippen molar-refractivity contribution in [1.29, 1.82) is 0 Å². The maximum absolute atomic E-state index is 13.7. The minimum absolute atomic E-state index is 0.0121. The lowest BCUT2D eigenvalue weighted by molar-refractivity contribution is 0.274. The molecule has 3 rings (SSSR count). The maximum atomic E-state index is 13.7. The zero-order valence-corrected chi connectivity index (χ0v) is 16.1. The van der Waals surface area contributed by atoms with E-state index in [1.807, 2.05) is 0 Å². The van der Waals surface area contributed by atoms with Crippen LogP contribution in [0.3, 0.4) is 0 Å². The molecule has 0 amide bonds. The first kappa shape index (κ1) is 20.5. The van der Waals surface area contributed by atoms with Crippen molar-refractivity contribution < 1.29 is 18.6 Å². The fourth-order valence-corrected chi connectivity index (χ4v) is 3.15. The van der Waals surface area contributed by atoms with Gasteiger partial charge in [-0.1, -0.05) is 0 Å². The second kappa shape index (κ2) is 8.84. The Bertz CT molecular complexity index is 1080. The Hall–Kier alpha value is -3.24. The van der Waals surface area contributed by atoms with Gasteiger partial charge >= 0.3 is 0 Å². The van der Waals surface area contributed by atoms with Crippen LogP contribution in [0.15, 0.2) is 52.3 Å². The number of anilines is 2. The van der Waals surface area contributed by atoms with Crippen LogP contribution < -0.4 is 21.3 Å². The number of nitrogens with zero attached hydrogens (tertiary/aromatic N) is 1. The topological polar surface area (TPSA) is 113 Å². The van der Waals surface area contributed by atoms with Gasteiger partial charge < -0.3 is 20.9 Å². The molecular formula is C19H18F2N4O3S. The molecule has 0 fully saturated rings. The number of H-pyrrole nitrogens is 1. The molecule has 1 unspecified atom stereocenters. The largest absolute Gasteiger partial charge is 0.454 e. The third-order valence-corrected chi connectivity index (χ3v) is 4.61. The van der Waals surface area contributed by atoms with Crippen LogP contribution >= 0.6 is 11.5 Å². The highest BCUT2D eigenvalue weighted by Gasteiger charge is 2.16. The van der Waals surface area contributed by atoms with Gasteiger partial charge in [0, 0.05) is 11.8 Å². The van der Waals surface area contributed by atoms with Gasteiger partial charge in [0.25, 0.3) is 5.56 Å². The van der Waals surface area contributed by atoms with E-state index in [1.165, 1.54) is 0 Å². The molecule has 0 saturated heterocycles. The Morgan fingerprint density at radius 1 is 1.31 bits per heavy atom. The highest BCUT2D eigenvalue weighted by molar-refractivity contribution is 7.10. The van der Waals surface area contributed by atoms with Crippen LogP contribution in [0.1, 0.15) is 12.5 Å². The summed E-state index contributed by atoms with van der Waals surface area (Å²) in [5.41, 5.74) is 6.30. The monoisotopic (exact) mass is 420 g/mol. The van der Waals surface area contributed by atoms with E-state index in [-0.39, 0.29) is 23.8 Å². The highest BCUT2D eigenvalue weighted by atomic mass is 32.1. The van der Waals surface area contributed by atoms with Gasteiger partial charge in [-0.05, 0) is 54.9 Å². The summed E-state index contributed by atoms with van der Waals surface area (Å²) in [6.07, 6.45) is 0. The van der Waals surface area contributed by atoms with Gasteiger partial charge in [0.15, 0.2) is 11.6 Å². The summed E-state index contributed by atoms with van der Waals surface area (Å²) in [6, 6.07) is 8.92. The van der Waals surface area contributed by atoms with Crippen molar-refractivity contribution >= 4 is 28.1 Å². The molecule has 7 nitrogen and oxygen atoms in total. The van der Waals surface area contributed by atoms with E-state index < -0.39 is 23.2 Å². The van der Waals surface area contributed by atoms with E-state index in [2.05, 4.69) is 14.7 Å². The number of aromatic nitrogens is 1. The Labute approximate surface area is 168 Å². The average Bonchev–Trinajstić information content (AvgIpc) is 3.06. The Morgan fingerprint density at radius 2 is 2.03 bits per heavy atom. The van der Waals surface area contributed by atoms with Crippen molar-refractivity contribution in [3.63, 3.8) is 0 Å². The normalized spacial score (nSPS) is 12.6. The number of aliphatic imine (C=N–C) groups is 1. The van der Waals surface area contributed by atoms with Gasteiger partial charge in [0.2, 0.25) is 0 Å². The summed E-state index contributed by atoms with van der Waals surface area (Å²) < 4.78 is 34.9. The van der Waals surface area contributed by atoms with Gasteiger partial charge in [0.1, 0.15) is 28.0 Å². The number of amidine groups is 1. The number of aliphatic hydroxyl groups excluding tert-OH is 1. The van der Waals surface area contributed by atoms with Crippen molar-refractivity contribution in [2.45, 2.75) is 13.0 Å². The number of hydrogen-bond acceptors (Lipinski definition) is 6. The number of nitrogens with one attached hydrogen (secondary N) is 2. The Balaban J connectivity index is 1.78. The van der Waals surface area contributed by atoms with Crippen molar-refractivity contribution in [2.24, 2.45) is 10.7 Å². The van der Waals surface area contributed by atoms with Crippen LogP contribution in [-0.4, -0.2) is 28.0 Å². The molecule has 0 bridgehead atoms. The maximum Gasteiger partial charge on any atom is 0.271 e. The SMILES string of the molecule is CC(CO)N=C(N)c1c(Nc2ccc(Oc3cc(F)ccc3F)cc2)s[nH]c1=O. The summed E-state index contributed by atoms with van der Waals surface area (Å²) in [4.78, 5) is 16.1.